The molecule has 2 atom stereocenters. The Kier molecular flexibility index (Phi) is 3.27. The average molecular weight is 204 g/mol. The van der Waals surface area contributed by atoms with Crippen molar-refractivity contribution in [2.24, 2.45) is 11.7 Å². The number of nitrogens with two attached hydrogens (primary N) is 1. The van der Waals surface area contributed by atoms with Crippen molar-refractivity contribution in [3.63, 3.8) is 0 Å². The molecule has 2 nitrogen and oxygen atoms in total. The normalized spacial score (nSPS) is 25.5. The minimum atomic E-state index is 0.439. The van der Waals surface area contributed by atoms with Crippen molar-refractivity contribution in [1.82, 2.24) is 0 Å². The average Bonchev–Trinajstić information content (AvgIpc) is 2.62. The highest BCUT2D eigenvalue weighted by Crippen LogP contribution is 2.24. The van der Waals surface area contributed by atoms with Crippen molar-refractivity contribution < 1.29 is 0 Å². The fourth-order valence-corrected chi connectivity index (χ4v) is 2.32. The number of aryl methyl sites for hydroxylation is 1. The molecule has 2 heteroatoms. The van der Waals surface area contributed by atoms with Gasteiger partial charge in [0.1, 0.15) is 0 Å². The second kappa shape index (κ2) is 4.67. The third kappa shape index (κ3) is 2.96. The van der Waals surface area contributed by atoms with Crippen LogP contribution >= 0.6 is 0 Å². The van der Waals surface area contributed by atoms with Crippen LogP contribution in [0, 0.1) is 12.8 Å². The second-order valence-electron chi connectivity index (χ2n) is 4.69. The molecule has 2 unspecified atom stereocenters. The van der Waals surface area contributed by atoms with E-state index in [4.69, 9.17) is 5.73 Å². The summed E-state index contributed by atoms with van der Waals surface area (Å²) in [5, 5.41) is 3.49. The summed E-state index contributed by atoms with van der Waals surface area (Å²) in [6, 6.07) is 8.97. The summed E-state index contributed by atoms with van der Waals surface area (Å²) in [6.07, 6.45) is 3.65. The van der Waals surface area contributed by atoms with Crippen LogP contribution in [0.3, 0.4) is 0 Å². The van der Waals surface area contributed by atoms with Gasteiger partial charge in [-0.05, 0) is 49.8 Å². The van der Waals surface area contributed by atoms with Gasteiger partial charge in [-0.3, -0.25) is 0 Å². The fraction of sp³-hybridized carbons (Fsp3) is 0.538. The molecular formula is C13H20N2. The molecule has 0 radical (unpaired) electrons. The molecule has 1 aromatic rings. The Hall–Kier alpha value is -1.02. The Morgan fingerprint density at radius 3 is 2.93 bits per heavy atom. The molecule has 0 spiro atoms. The number of benzene rings is 1. The number of hydrogen-bond acceptors (Lipinski definition) is 2. The Balaban J connectivity index is 1.83. The highest BCUT2D eigenvalue weighted by atomic mass is 14.9. The SMILES string of the molecule is Cc1cccc(NCC2CCC(N)C2)c1. The van der Waals surface area contributed by atoms with Gasteiger partial charge in [0.05, 0.1) is 0 Å². The van der Waals surface area contributed by atoms with Crippen LogP contribution in [0.15, 0.2) is 24.3 Å². The predicted molar refractivity (Wildman–Crippen MR) is 65.0 cm³/mol. The maximum Gasteiger partial charge on any atom is 0.0342 e. The van der Waals surface area contributed by atoms with Gasteiger partial charge in [-0.25, -0.2) is 0 Å². The molecule has 0 heterocycles. The van der Waals surface area contributed by atoms with E-state index in [1.807, 2.05) is 0 Å². The standard InChI is InChI=1S/C13H20N2/c1-10-3-2-4-13(7-10)15-9-11-5-6-12(14)8-11/h2-4,7,11-12,15H,5-6,8-9,14H2,1H3. The van der Waals surface area contributed by atoms with Crippen LogP contribution in [0.2, 0.25) is 0 Å². The van der Waals surface area contributed by atoms with E-state index in [1.165, 1.54) is 30.5 Å². The molecule has 0 amide bonds. The van der Waals surface area contributed by atoms with Crippen molar-refractivity contribution in [3.8, 4) is 0 Å². The minimum absolute atomic E-state index is 0.439. The number of rotatable bonds is 3. The first kappa shape index (κ1) is 10.5. The van der Waals surface area contributed by atoms with Gasteiger partial charge in [-0.2, -0.15) is 0 Å². The largest absolute Gasteiger partial charge is 0.385 e. The molecule has 0 aliphatic heterocycles. The smallest absolute Gasteiger partial charge is 0.0342 e. The molecular weight excluding hydrogens is 184 g/mol. The zero-order valence-electron chi connectivity index (χ0n) is 9.37. The summed E-state index contributed by atoms with van der Waals surface area (Å²) < 4.78 is 0. The van der Waals surface area contributed by atoms with Gasteiger partial charge in [0, 0.05) is 18.3 Å². The van der Waals surface area contributed by atoms with E-state index < -0.39 is 0 Å². The first-order valence-corrected chi connectivity index (χ1v) is 5.80. The monoisotopic (exact) mass is 204 g/mol. The lowest BCUT2D eigenvalue weighted by Crippen LogP contribution is -2.17. The van der Waals surface area contributed by atoms with Gasteiger partial charge < -0.3 is 11.1 Å². The van der Waals surface area contributed by atoms with Crippen LogP contribution < -0.4 is 11.1 Å². The topological polar surface area (TPSA) is 38.0 Å². The minimum Gasteiger partial charge on any atom is -0.385 e. The first-order chi connectivity index (χ1) is 7.24. The lowest BCUT2D eigenvalue weighted by Gasteiger charge is -2.12. The first-order valence-electron chi connectivity index (χ1n) is 5.80. The highest BCUT2D eigenvalue weighted by molar-refractivity contribution is 5.45. The number of anilines is 1. The van der Waals surface area contributed by atoms with Gasteiger partial charge >= 0.3 is 0 Å². The van der Waals surface area contributed by atoms with Gasteiger partial charge in [-0.1, -0.05) is 12.1 Å². The van der Waals surface area contributed by atoms with E-state index in [1.54, 1.807) is 0 Å². The van der Waals surface area contributed by atoms with E-state index in [0.717, 1.165) is 12.5 Å². The maximum absolute atomic E-state index is 5.89. The quantitative estimate of drug-likeness (QED) is 0.794. The van der Waals surface area contributed by atoms with Crippen LogP contribution in [0.4, 0.5) is 5.69 Å². The lowest BCUT2D eigenvalue weighted by atomic mass is 10.1. The van der Waals surface area contributed by atoms with Crippen LogP contribution in [-0.2, 0) is 0 Å². The molecule has 1 aliphatic rings. The highest BCUT2D eigenvalue weighted by Gasteiger charge is 2.20. The lowest BCUT2D eigenvalue weighted by molar-refractivity contribution is 0.566. The van der Waals surface area contributed by atoms with Gasteiger partial charge in [0.15, 0.2) is 0 Å². The Morgan fingerprint density at radius 2 is 2.27 bits per heavy atom. The van der Waals surface area contributed by atoms with E-state index >= 15 is 0 Å². The summed E-state index contributed by atoms with van der Waals surface area (Å²) in [4.78, 5) is 0. The Labute approximate surface area is 91.9 Å². The van der Waals surface area contributed by atoms with Crippen LogP contribution in [0.1, 0.15) is 24.8 Å². The predicted octanol–water partition coefficient (Wildman–Crippen LogP) is 2.53. The zero-order valence-corrected chi connectivity index (χ0v) is 9.37. The van der Waals surface area contributed by atoms with Crippen molar-refractivity contribution in [1.29, 1.82) is 0 Å². The van der Waals surface area contributed by atoms with Gasteiger partial charge in [-0.15, -0.1) is 0 Å². The second-order valence-corrected chi connectivity index (χ2v) is 4.69. The molecule has 2 rings (SSSR count). The summed E-state index contributed by atoms with van der Waals surface area (Å²) in [7, 11) is 0. The third-order valence-corrected chi connectivity index (χ3v) is 3.19. The molecule has 1 aliphatic carbocycles. The molecule has 82 valence electrons. The summed E-state index contributed by atoms with van der Waals surface area (Å²) in [5.41, 5.74) is 8.43. The molecule has 3 N–H and O–H groups in total. The third-order valence-electron chi connectivity index (χ3n) is 3.19. The van der Waals surface area contributed by atoms with Crippen molar-refractivity contribution in [2.45, 2.75) is 32.2 Å². The molecule has 1 saturated carbocycles. The number of hydrogen-bond donors (Lipinski definition) is 2. The Morgan fingerprint density at radius 1 is 1.40 bits per heavy atom. The van der Waals surface area contributed by atoms with Gasteiger partial charge in [0.25, 0.3) is 0 Å². The van der Waals surface area contributed by atoms with Crippen LogP contribution in [0.25, 0.3) is 0 Å². The van der Waals surface area contributed by atoms with Crippen molar-refractivity contribution in [2.75, 3.05) is 11.9 Å². The molecule has 0 bridgehead atoms. The summed E-state index contributed by atoms with van der Waals surface area (Å²) in [5.74, 6) is 0.764. The van der Waals surface area contributed by atoms with Crippen molar-refractivity contribution in [3.05, 3.63) is 29.8 Å². The fourth-order valence-electron chi connectivity index (χ4n) is 2.32. The number of nitrogens with one attached hydrogen (secondary N) is 1. The van der Waals surface area contributed by atoms with Crippen LogP contribution in [0.5, 0.6) is 0 Å². The molecule has 0 saturated heterocycles. The molecule has 15 heavy (non-hydrogen) atoms. The van der Waals surface area contributed by atoms with E-state index in [9.17, 15) is 0 Å². The van der Waals surface area contributed by atoms with E-state index in [0.29, 0.717) is 6.04 Å². The summed E-state index contributed by atoms with van der Waals surface area (Å²) >= 11 is 0. The van der Waals surface area contributed by atoms with Crippen LogP contribution in [-0.4, -0.2) is 12.6 Å². The molecule has 0 aromatic heterocycles. The van der Waals surface area contributed by atoms with Gasteiger partial charge in [0.2, 0.25) is 0 Å². The molecule has 1 aromatic carbocycles. The Bertz CT molecular complexity index is 322. The zero-order chi connectivity index (χ0) is 10.7. The van der Waals surface area contributed by atoms with Crippen molar-refractivity contribution >= 4 is 5.69 Å². The van der Waals surface area contributed by atoms with E-state index in [2.05, 4.69) is 36.5 Å². The molecule has 1 fully saturated rings. The van der Waals surface area contributed by atoms with E-state index in [-0.39, 0.29) is 0 Å². The maximum atomic E-state index is 5.89. The summed E-state index contributed by atoms with van der Waals surface area (Å²) in [6.45, 7) is 3.19.